The summed E-state index contributed by atoms with van der Waals surface area (Å²) in [6.45, 7) is 2.67. The van der Waals surface area contributed by atoms with Crippen molar-refractivity contribution < 1.29 is 27.8 Å². The molecule has 0 aromatic heterocycles. The molecule has 0 spiro atoms. The Bertz CT molecular complexity index is 502. The molecule has 3 aliphatic rings. The zero-order chi connectivity index (χ0) is 18.6. The van der Waals surface area contributed by atoms with Gasteiger partial charge in [0.1, 0.15) is 6.10 Å². The maximum atomic E-state index is 14.2. The maximum absolute atomic E-state index is 14.2. The van der Waals surface area contributed by atoms with Crippen molar-refractivity contribution in [1.29, 1.82) is 0 Å². The summed E-state index contributed by atoms with van der Waals surface area (Å²) < 4.78 is 45.4. The smallest absolute Gasteiger partial charge is 0.306 e. The van der Waals surface area contributed by atoms with Gasteiger partial charge < -0.3 is 14.2 Å². The number of ether oxygens (including phenoxy) is 3. The number of rotatable bonds is 8. The predicted molar refractivity (Wildman–Crippen MR) is 92.8 cm³/mol. The third-order valence-electron chi connectivity index (χ3n) is 5.69. The van der Waals surface area contributed by atoms with Gasteiger partial charge in [0.05, 0.1) is 12.5 Å². The molecule has 0 radical (unpaired) electrons. The van der Waals surface area contributed by atoms with Crippen LogP contribution < -0.4 is 0 Å². The van der Waals surface area contributed by atoms with Gasteiger partial charge in [-0.3, -0.25) is 4.79 Å². The molecule has 6 heteroatoms. The van der Waals surface area contributed by atoms with E-state index in [0.29, 0.717) is 19.4 Å². The van der Waals surface area contributed by atoms with Crippen molar-refractivity contribution >= 4 is 5.97 Å². The van der Waals surface area contributed by atoms with Gasteiger partial charge in [-0.25, -0.2) is 8.78 Å². The quantitative estimate of drug-likeness (QED) is 0.354. The monoisotopic (exact) mass is 372 g/mol. The number of carbonyl (C=O) groups is 1. The standard InChI is InChI=1S/C20H30F2O4/c1-2-3-5-9-20(21,22)10-8-14-15-12-18(23)25-17(15)13-16(14)26-19-7-4-6-11-24-19/h8,10,14-17,19H,2-7,9,11-13H2,1H3/b10-8+/t14-,15-,16-,17+,19?/m1/s1. The fraction of sp³-hybridized carbons (Fsp3) is 0.850. The van der Waals surface area contributed by atoms with Crippen molar-refractivity contribution in [3.8, 4) is 0 Å². The molecule has 4 nitrogen and oxygen atoms in total. The molecule has 2 heterocycles. The van der Waals surface area contributed by atoms with Crippen molar-refractivity contribution in [1.82, 2.24) is 0 Å². The van der Waals surface area contributed by atoms with Gasteiger partial charge >= 0.3 is 5.97 Å². The second-order valence-corrected chi connectivity index (χ2v) is 7.76. The van der Waals surface area contributed by atoms with E-state index in [9.17, 15) is 13.6 Å². The Morgan fingerprint density at radius 3 is 2.88 bits per heavy atom. The molecule has 1 aliphatic carbocycles. The zero-order valence-corrected chi connectivity index (χ0v) is 15.5. The van der Waals surface area contributed by atoms with Crippen LogP contribution in [0.4, 0.5) is 8.78 Å². The summed E-state index contributed by atoms with van der Waals surface area (Å²) in [6, 6.07) is 0. The lowest BCUT2D eigenvalue weighted by molar-refractivity contribution is -0.194. The number of hydrogen-bond donors (Lipinski definition) is 0. The molecule has 5 atom stereocenters. The van der Waals surface area contributed by atoms with Crippen LogP contribution in [0, 0.1) is 11.8 Å². The van der Waals surface area contributed by atoms with Crippen LogP contribution in [0.2, 0.25) is 0 Å². The van der Waals surface area contributed by atoms with Crippen molar-refractivity contribution in [2.24, 2.45) is 11.8 Å². The molecule has 0 aromatic rings. The average Bonchev–Trinajstić information content (AvgIpc) is 3.10. The second-order valence-electron chi connectivity index (χ2n) is 7.76. The Morgan fingerprint density at radius 2 is 2.15 bits per heavy atom. The van der Waals surface area contributed by atoms with E-state index in [-0.39, 0.29) is 49.1 Å². The van der Waals surface area contributed by atoms with Crippen LogP contribution in [0.25, 0.3) is 0 Å². The molecule has 0 aromatic carbocycles. The fourth-order valence-corrected chi connectivity index (χ4v) is 4.27. The molecule has 0 N–H and O–H groups in total. The molecule has 0 amide bonds. The lowest BCUT2D eigenvalue weighted by Crippen LogP contribution is -2.31. The van der Waals surface area contributed by atoms with Gasteiger partial charge in [-0.05, 0) is 31.8 Å². The molecule has 3 fully saturated rings. The Morgan fingerprint density at radius 1 is 1.31 bits per heavy atom. The van der Waals surface area contributed by atoms with Crippen LogP contribution in [0.3, 0.4) is 0 Å². The second kappa shape index (κ2) is 8.79. The normalized spacial score (nSPS) is 35.0. The maximum Gasteiger partial charge on any atom is 0.306 e. The Balaban J connectivity index is 1.64. The van der Waals surface area contributed by atoms with Crippen LogP contribution in [-0.2, 0) is 19.0 Å². The molecule has 3 rings (SSSR count). The van der Waals surface area contributed by atoms with Gasteiger partial charge in [0.25, 0.3) is 5.92 Å². The number of carbonyl (C=O) groups excluding carboxylic acids is 1. The van der Waals surface area contributed by atoms with Crippen molar-refractivity contribution in [3.05, 3.63) is 12.2 Å². The van der Waals surface area contributed by atoms with Crippen LogP contribution in [0.1, 0.15) is 64.7 Å². The zero-order valence-electron chi connectivity index (χ0n) is 15.5. The SMILES string of the molecule is CCCCCC(F)(F)/C=C/[C@@H]1[C@H]2CC(=O)O[C@H]2C[C@H]1OC1CCCCO1. The first kappa shape index (κ1) is 19.7. The first-order valence-electron chi connectivity index (χ1n) is 10.0. The minimum atomic E-state index is -2.82. The van der Waals surface area contributed by atoms with Crippen molar-refractivity contribution in [3.63, 3.8) is 0 Å². The largest absolute Gasteiger partial charge is 0.462 e. The predicted octanol–water partition coefficient (Wildman–Crippen LogP) is 4.62. The van der Waals surface area contributed by atoms with E-state index in [4.69, 9.17) is 14.2 Å². The molecule has 2 saturated heterocycles. The molecule has 0 bridgehead atoms. The number of hydrogen-bond acceptors (Lipinski definition) is 4. The van der Waals surface area contributed by atoms with E-state index in [1.165, 1.54) is 0 Å². The summed E-state index contributed by atoms with van der Waals surface area (Å²) in [5, 5.41) is 0. The first-order valence-corrected chi connectivity index (χ1v) is 10.0. The van der Waals surface area contributed by atoms with Gasteiger partial charge in [-0.1, -0.05) is 25.8 Å². The van der Waals surface area contributed by atoms with Crippen LogP contribution in [-0.4, -0.2) is 37.0 Å². The highest BCUT2D eigenvalue weighted by atomic mass is 19.3. The summed E-state index contributed by atoms with van der Waals surface area (Å²) in [7, 11) is 0. The summed E-state index contributed by atoms with van der Waals surface area (Å²) in [5.74, 6) is -3.35. The van der Waals surface area contributed by atoms with Gasteiger partial charge in [-0.2, -0.15) is 0 Å². The number of allylic oxidation sites excluding steroid dienone is 1. The number of unbranched alkanes of at least 4 members (excludes halogenated alkanes) is 2. The van der Waals surface area contributed by atoms with E-state index in [2.05, 4.69) is 0 Å². The van der Waals surface area contributed by atoms with Crippen LogP contribution in [0.5, 0.6) is 0 Å². The summed E-state index contributed by atoms with van der Waals surface area (Å²) >= 11 is 0. The minimum Gasteiger partial charge on any atom is -0.462 e. The third-order valence-corrected chi connectivity index (χ3v) is 5.69. The molecular formula is C20H30F2O4. The highest BCUT2D eigenvalue weighted by molar-refractivity contribution is 5.72. The van der Waals surface area contributed by atoms with E-state index < -0.39 is 5.92 Å². The van der Waals surface area contributed by atoms with E-state index in [1.807, 2.05) is 6.92 Å². The number of fused-ring (bicyclic) bond motifs is 1. The lowest BCUT2D eigenvalue weighted by atomic mass is 9.91. The van der Waals surface area contributed by atoms with Gasteiger partial charge in [0.15, 0.2) is 6.29 Å². The van der Waals surface area contributed by atoms with Crippen LogP contribution in [0.15, 0.2) is 12.2 Å². The molecule has 2 aliphatic heterocycles. The summed E-state index contributed by atoms with van der Waals surface area (Å²) in [5.41, 5.74) is 0. The average molecular weight is 372 g/mol. The lowest BCUT2D eigenvalue weighted by Gasteiger charge is -2.29. The highest BCUT2D eigenvalue weighted by Gasteiger charge is 2.50. The van der Waals surface area contributed by atoms with E-state index in [0.717, 1.165) is 38.2 Å². The molecule has 1 saturated carbocycles. The molecule has 26 heavy (non-hydrogen) atoms. The Labute approximate surface area is 154 Å². The molecule has 148 valence electrons. The molecule has 1 unspecified atom stereocenters. The van der Waals surface area contributed by atoms with E-state index in [1.54, 1.807) is 6.08 Å². The fourth-order valence-electron chi connectivity index (χ4n) is 4.27. The third kappa shape index (κ3) is 5.03. The van der Waals surface area contributed by atoms with Crippen LogP contribution >= 0.6 is 0 Å². The van der Waals surface area contributed by atoms with Gasteiger partial charge in [-0.15, -0.1) is 0 Å². The molecular weight excluding hydrogens is 342 g/mol. The summed E-state index contributed by atoms with van der Waals surface area (Å²) in [6.07, 6.45) is 7.74. The van der Waals surface area contributed by atoms with E-state index >= 15 is 0 Å². The van der Waals surface area contributed by atoms with Crippen molar-refractivity contribution in [2.45, 2.75) is 89.1 Å². The van der Waals surface area contributed by atoms with Gasteiger partial charge in [0, 0.05) is 31.3 Å². The first-order chi connectivity index (χ1) is 12.5. The Hall–Kier alpha value is -1.01. The summed E-state index contributed by atoms with van der Waals surface area (Å²) in [4.78, 5) is 11.6. The number of esters is 1. The highest BCUT2D eigenvalue weighted by Crippen LogP contribution is 2.44. The number of halogens is 2. The number of alkyl halides is 2. The Kier molecular flexibility index (Phi) is 6.67. The minimum absolute atomic E-state index is 0.0706. The topological polar surface area (TPSA) is 44.8 Å². The van der Waals surface area contributed by atoms with Gasteiger partial charge in [0.2, 0.25) is 0 Å². The van der Waals surface area contributed by atoms with Crippen molar-refractivity contribution in [2.75, 3.05) is 6.61 Å².